The highest BCUT2D eigenvalue weighted by molar-refractivity contribution is 6.30. The third kappa shape index (κ3) is 4.79. The molecule has 25 heavy (non-hydrogen) atoms. The minimum absolute atomic E-state index is 0.00943. The number of hydrogen-bond acceptors (Lipinski definition) is 4. The molecule has 1 N–H and O–H groups in total. The van der Waals surface area contributed by atoms with Gasteiger partial charge in [0.25, 0.3) is 0 Å². The second-order valence-corrected chi connectivity index (χ2v) is 6.54. The second kappa shape index (κ2) is 8.11. The Balaban J connectivity index is 1.41. The molecule has 1 atom stereocenters. The molecule has 1 fully saturated rings. The molecule has 2 aromatic rings. The molecule has 3 heterocycles. The van der Waals surface area contributed by atoms with Crippen LogP contribution in [0, 0.1) is 5.92 Å². The van der Waals surface area contributed by atoms with Gasteiger partial charge in [0.2, 0.25) is 11.8 Å². The lowest BCUT2D eigenvalue weighted by Gasteiger charge is -2.16. The molecule has 1 saturated heterocycles. The van der Waals surface area contributed by atoms with Crippen LogP contribution in [-0.4, -0.2) is 44.6 Å². The number of amides is 2. The molecule has 0 spiro atoms. The van der Waals surface area contributed by atoms with Gasteiger partial charge in [-0.1, -0.05) is 17.7 Å². The predicted octanol–water partition coefficient (Wildman–Crippen LogP) is 1.49. The van der Waals surface area contributed by atoms with Crippen LogP contribution in [0.2, 0.25) is 5.02 Å². The van der Waals surface area contributed by atoms with E-state index in [1.807, 2.05) is 12.1 Å². The maximum absolute atomic E-state index is 12.3. The molecule has 8 heteroatoms. The van der Waals surface area contributed by atoms with Gasteiger partial charge in [-0.05, 0) is 18.1 Å². The topological polar surface area (TPSA) is 80.1 Å². The quantitative estimate of drug-likeness (QED) is 0.758. The Morgan fingerprint density at radius 1 is 1.40 bits per heavy atom. The van der Waals surface area contributed by atoms with E-state index in [-0.39, 0.29) is 24.2 Å². The highest BCUT2D eigenvalue weighted by Gasteiger charge is 2.33. The number of nitrogens with one attached hydrogen (secondary N) is 1. The van der Waals surface area contributed by atoms with E-state index in [1.165, 1.54) is 0 Å². The third-order valence-corrected chi connectivity index (χ3v) is 4.34. The minimum Gasteiger partial charge on any atom is -0.356 e. The number of pyridine rings is 1. The molecule has 2 aromatic heterocycles. The van der Waals surface area contributed by atoms with Crippen molar-refractivity contribution in [3.8, 4) is 0 Å². The first-order valence-electron chi connectivity index (χ1n) is 8.24. The monoisotopic (exact) mass is 361 g/mol. The first kappa shape index (κ1) is 17.4. The van der Waals surface area contributed by atoms with E-state index in [0.29, 0.717) is 31.2 Å². The van der Waals surface area contributed by atoms with Gasteiger partial charge in [-0.2, -0.15) is 5.10 Å². The fraction of sp³-hybridized carbons (Fsp3) is 0.412. The van der Waals surface area contributed by atoms with Gasteiger partial charge in [-0.15, -0.1) is 0 Å². The Morgan fingerprint density at radius 2 is 2.28 bits per heavy atom. The zero-order valence-corrected chi connectivity index (χ0v) is 14.5. The zero-order chi connectivity index (χ0) is 17.6. The van der Waals surface area contributed by atoms with Crippen LogP contribution in [0.4, 0.5) is 0 Å². The van der Waals surface area contributed by atoms with E-state index in [2.05, 4.69) is 15.4 Å². The van der Waals surface area contributed by atoms with Crippen LogP contribution in [0.3, 0.4) is 0 Å². The number of carbonyl (C=O) groups is 2. The Kier molecular flexibility index (Phi) is 5.65. The van der Waals surface area contributed by atoms with Gasteiger partial charge in [0, 0.05) is 51.2 Å². The third-order valence-electron chi connectivity index (χ3n) is 4.15. The number of rotatable bonds is 7. The van der Waals surface area contributed by atoms with Gasteiger partial charge >= 0.3 is 0 Å². The molecule has 0 aliphatic carbocycles. The fourth-order valence-corrected chi connectivity index (χ4v) is 3.03. The number of nitrogens with zero attached hydrogens (tertiary/aromatic N) is 4. The molecule has 7 nitrogen and oxygen atoms in total. The molecule has 132 valence electrons. The lowest BCUT2D eigenvalue weighted by atomic mass is 10.1. The van der Waals surface area contributed by atoms with Crippen LogP contribution in [-0.2, 0) is 22.7 Å². The number of aromatic nitrogens is 3. The van der Waals surface area contributed by atoms with Gasteiger partial charge in [0.15, 0.2) is 0 Å². The SMILES string of the molecule is O=C(NCCCn1cc(Cl)cn1)[C@H]1CC(=O)N(Cc2cccnc2)C1. The largest absolute Gasteiger partial charge is 0.356 e. The van der Waals surface area contributed by atoms with E-state index >= 15 is 0 Å². The first-order chi connectivity index (χ1) is 12.1. The Labute approximate surface area is 151 Å². The molecule has 0 radical (unpaired) electrons. The van der Waals surface area contributed by atoms with Gasteiger partial charge in [0.05, 0.1) is 17.1 Å². The van der Waals surface area contributed by atoms with Crippen LogP contribution < -0.4 is 5.32 Å². The molecule has 0 aromatic carbocycles. The number of carbonyl (C=O) groups excluding carboxylic acids is 2. The number of hydrogen-bond donors (Lipinski definition) is 1. The van der Waals surface area contributed by atoms with Crippen molar-refractivity contribution < 1.29 is 9.59 Å². The highest BCUT2D eigenvalue weighted by atomic mass is 35.5. The lowest BCUT2D eigenvalue weighted by Crippen LogP contribution is -2.33. The second-order valence-electron chi connectivity index (χ2n) is 6.10. The Hall–Kier alpha value is -2.41. The molecule has 0 bridgehead atoms. The molecule has 0 saturated carbocycles. The highest BCUT2D eigenvalue weighted by Crippen LogP contribution is 2.20. The Morgan fingerprint density at radius 3 is 3.00 bits per heavy atom. The summed E-state index contributed by atoms with van der Waals surface area (Å²) in [6.07, 6.45) is 7.78. The van der Waals surface area contributed by atoms with Crippen molar-refractivity contribution in [2.75, 3.05) is 13.1 Å². The summed E-state index contributed by atoms with van der Waals surface area (Å²) in [5.41, 5.74) is 0.967. The van der Waals surface area contributed by atoms with E-state index in [4.69, 9.17) is 11.6 Å². The average Bonchev–Trinajstić information content (AvgIpc) is 3.18. The summed E-state index contributed by atoms with van der Waals surface area (Å²) >= 11 is 5.80. The number of likely N-dealkylation sites (tertiary alicyclic amines) is 1. The summed E-state index contributed by atoms with van der Waals surface area (Å²) < 4.78 is 1.74. The van der Waals surface area contributed by atoms with Crippen LogP contribution in [0.25, 0.3) is 0 Å². The molecule has 3 rings (SSSR count). The van der Waals surface area contributed by atoms with Crippen molar-refractivity contribution in [2.24, 2.45) is 5.92 Å². The number of aryl methyl sites for hydroxylation is 1. The molecular formula is C17H20ClN5O2. The normalized spacial score (nSPS) is 17.1. The van der Waals surface area contributed by atoms with Crippen molar-refractivity contribution in [1.82, 2.24) is 25.0 Å². The van der Waals surface area contributed by atoms with Gasteiger partial charge in [-0.25, -0.2) is 0 Å². The van der Waals surface area contributed by atoms with Crippen LogP contribution in [0.15, 0.2) is 36.9 Å². The maximum atomic E-state index is 12.3. The summed E-state index contributed by atoms with van der Waals surface area (Å²) in [5, 5.41) is 7.59. The first-order valence-corrected chi connectivity index (χ1v) is 8.62. The van der Waals surface area contributed by atoms with E-state index < -0.39 is 0 Å². The fourth-order valence-electron chi connectivity index (χ4n) is 2.87. The lowest BCUT2D eigenvalue weighted by molar-refractivity contribution is -0.129. The van der Waals surface area contributed by atoms with Crippen LogP contribution >= 0.6 is 11.6 Å². The molecular weight excluding hydrogens is 342 g/mol. The maximum Gasteiger partial charge on any atom is 0.225 e. The molecule has 2 amide bonds. The van der Waals surface area contributed by atoms with Gasteiger partial charge in [-0.3, -0.25) is 19.3 Å². The molecule has 1 aliphatic heterocycles. The summed E-state index contributed by atoms with van der Waals surface area (Å²) in [6, 6.07) is 3.77. The zero-order valence-electron chi connectivity index (χ0n) is 13.8. The Bertz CT molecular complexity index is 734. The van der Waals surface area contributed by atoms with E-state index in [1.54, 1.807) is 34.4 Å². The number of halogens is 1. The molecule has 1 aliphatic rings. The molecule has 0 unspecified atom stereocenters. The van der Waals surface area contributed by atoms with Crippen molar-refractivity contribution in [2.45, 2.75) is 25.9 Å². The van der Waals surface area contributed by atoms with Crippen molar-refractivity contribution in [1.29, 1.82) is 0 Å². The van der Waals surface area contributed by atoms with Crippen molar-refractivity contribution in [3.05, 3.63) is 47.5 Å². The summed E-state index contributed by atoms with van der Waals surface area (Å²) in [5.74, 6) is -0.348. The summed E-state index contributed by atoms with van der Waals surface area (Å²) in [4.78, 5) is 30.1. The smallest absolute Gasteiger partial charge is 0.225 e. The van der Waals surface area contributed by atoms with Gasteiger partial charge in [0.1, 0.15) is 0 Å². The van der Waals surface area contributed by atoms with Crippen molar-refractivity contribution in [3.63, 3.8) is 0 Å². The summed E-state index contributed by atoms with van der Waals surface area (Å²) in [6.45, 7) is 2.18. The van der Waals surface area contributed by atoms with Gasteiger partial charge < -0.3 is 10.2 Å². The summed E-state index contributed by atoms with van der Waals surface area (Å²) in [7, 11) is 0. The van der Waals surface area contributed by atoms with E-state index in [9.17, 15) is 9.59 Å². The van der Waals surface area contributed by atoms with E-state index in [0.717, 1.165) is 12.0 Å². The van der Waals surface area contributed by atoms with Crippen LogP contribution in [0.5, 0.6) is 0 Å². The minimum atomic E-state index is -0.289. The predicted molar refractivity (Wildman–Crippen MR) is 92.6 cm³/mol. The van der Waals surface area contributed by atoms with Crippen LogP contribution in [0.1, 0.15) is 18.4 Å². The van der Waals surface area contributed by atoms with Crippen molar-refractivity contribution >= 4 is 23.4 Å². The standard InChI is InChI=1S/C17H20ClN5O2/c18-15-9-21-23(12-15)6-2-5-20-17(25)14-7-16(24)22(11-14)10-13-3-1-4-19-8-13/h1,3-4,8-9,12,14H,2,5-7,10-11H2,(H,20,25)/t14-/m0/s1. The average molecular weight is 362 g/mol.